The maximum absolute atomic E-state index is 13.0. The number of alkyl halides is 1. The van der Waals surface area contributed by atoms with Gasteiger partial charge in [0, 0.05) is 12.9 Å². The lowest BCUT2D eigenvalue weighted by molar-refractivity contribution is 0.626. The van der Waals surface area contributed by atoms with E-state index in [0.717, 1.165) is 22.8 Å². The van der Waals surface area contributed by atoms with Gasteiger partial charge in [-0.15, -0.1) is 11.3 Å². The minimum absolute atomic E-state index is 0.0313. The minimum atomic E-state index is -0.219. The van der Waals surface area contributed by atoms with Gasteiger partial charge in [-0.1, -0.05) is 33.6 Å². The van der Waals surface area contributed by atoms with Crippen molar-refractivity contribution in [3.8, 4) is 0 Å². The van der Waals surface area contributed by atoms with E-state index < -0.39 is 0 Å². The quantitative estimate of drug-likeness (QED) is 0.325. The van der Waals surface area contributed by atoms with Gasteiger partial charge in [-0.2, -0.15) is 0 Å². The molecule has 0 aliphatic heterocycles. The van der Waals surface area contributed by atoms with Gasteiger partial charge in [-0.05, 0) is 62.3 Å². The molecule has 0 aliphatic carbocycles. The Morgan fingerprint density at radius 1 is 1.35 bits per heavy atom. The summed E-state index contributed by atoms with van der Waals surface area (Å²) in [4.78, 5) is 1.12. The molecule has 1 unspecified atom stereocenters. The van der Waals surface area contributed by atoms with Crippen LogP contribution in [0.3, 0.4) is 0 Å². The molecule has 0 fully saturated rings. The highest BCUT2D eigenvalue weighted by Gasteiger charge is 2.17. The standard InChI is InChI=1S/C11H5Br2ClFIS/c12-7-4-9(17-11(7)14)10(13)6-2-1-5(15)3-8(6)16/h1-4,10H. The van der Waals surface area contributed by atoms with Crippen LogP contribution in [0.1, 0.15) is 15.3 Å². The average molecular weight is 510 g/mol. The van der Waals surface area contributed by atoms with Gasteiger partial charge >= 0.3 is 0 Å². The van der Waals surface area contributed by atoms with Crippen LogP contribution in [0.25, 0.3) is 0 Å². The molecule has 0 nitrogen and oxygen atoms in total. The van der Waals surface area contributed by atoms with Gasteiger partial charge in [0.25, 0.3) is 0 Å². The molecular weight excluding hydrogens is 505 g/mol. The van der Waals surface area contributed by atoms with E-state index in [4.69, 9.17) is 11.6 Å². The molecular formula is C11H5Br2ClFIS. The summed E-state index contributed by atoms with van der Waals surface area (Å²) in [5.41, 5.74) is 1.04. The summed E-state index contributed by atoms with van der Waals surface area (Å²) in [5.74, 6) is -0.219. The first-order valence-electron chi connectivity index (χ1n) is 4.53. The molecule has 0 saturated heterocycles. The van der Waals surface area contributed by atoms with E-state index in [9.17, 15) is 4.39 Å². The lowest BCUT2D eigenvalue weighted by Gasteiger charge is -2.10. The fourth-order valence-corrected chi connectivity index (χ4v) is 5.11. The summed E-state index contributed by atoms with van der Waals surface area (Å²) in [5, 5.41) is 0. The van der Waals surface area contributed by atoms with Crippen molar-refractivity contribution in [2.45, 2.75) is 4.83 Å². The third kappa shape index (κ3) is 3.23. The van der Waals surface area contributed by atoms with Crippen molar-refractivity contribution in [3.63, 3.8) is 0 Å². The molecule has 0 spiro atoms. The fraction of sp³-hybridized carbons (Fsp3) is 0.0909. The van der Waals surface area contributed by atoms with Crippen molar-refractivity contribution >= 4 is 77.4 Å². The Morgan fingerprint density at radius 2 is 2.06 bits per heavy atom. The normalized spacial score (nSPS) is 12.8. The van der Waals surface area contributed by atoms with E-state index >= 15 is 0 Å². The van der Waals surface area contributed by atoms with Crippen molar-refractivity contribution in [3.05, 3.63) is 52.9 Å². The topological polar surface area (TPSA) is 0 Å². The molecule has 0 radical (unpaired) electrons. The Kier molecular flexibility index (Phi) is 4.91. The van der Waals surface area contributed by atoms with Crippen molar-refractivity contribution in [2.75, 3.05) is 0 Å². The van der Waals surface area contributed by atoms with Crippen LogP contribution in [0.4, 0.5) is 4.39 Å². The second kappa shape index (κ2) is 5.86. The minimum Gasteiger partial charge on any atom is -0.207 e. The molecule has 0 bridgehead atoms. The molecule has 2 rings (SSSR count). The van der Waals surface area contributed by atoms with E-state index in [-0.39, 0.29) is 10.6 Å². The second-order valence-electron chi connectivity index (χ2n) is 3.30. The molecule has 0 amide bonds. The van der Waals surface area contributed by atoms with E-state index in [1.165, 1.54) is 23.5 Å². The molecule has 0 saturated carbocycles. The molecule has 0 aliphatic rings. The van der Waals surface area contributed by atoms with Gasteiger partial charge < -0.3 is 0 Å². The van der Waals surface area contributed by atoms with Crippen molar-refractivity contribution in [1.82, 2.24) is 0 Å². The predicted octanol–water partition coefficient (Wildman–Crippen LogP) is 6.39. The fourth-order valence-electron chi connectivity index (χ4n) is 1.35. The summed E-state index contributed by atoms with van der Waals surface area (Å²) >= 11 is 16.7. The highest BCUT2D eigenvalue weighted by atomic mass is 127. The van der Waals surface area contributed by atoms with E-state index in [1.54, 1.807) is 6.07 Å². The Hall–Kier alpha value is 0.830. The van der Waals surface area contributed by atoms with Crippen LogP contribution in [-0.4, -0.2) is 0 Å². The molecule has 1 heterocycles. The third-order valence-electron chi connectivity index (χ3n) is 2.15. The van der Waals surface area contributed by atoms with Gasteiger partial charge in [0.1, 0.15) is 10.2 Å². The number of hydrogen-bond donors (Lipinski definition) is 0. The number of benzene rings is 1. The summed E-state index contributed by atoms with van der Waals surface area (Å²) in [6, 6.07) is 6.76. The molecule has 1 atom stereocenters. The molecule has 6 heteroatoms. The van der Waals surface area contributed by atoms with Crippen molar-refractivity contribution in [1.29, 1.82) is 0 Å². The molecule has 17 heavy (non-hydrogen) atoms. The van der Waals surface area contributed by atoms with Crippen LogP contribution in [0, 0.1) is 9.39 Å². The Bertz CT molecular complexity index is 539. The van der Waals surface area contributed by atoms with Gasteiger partial charge in [0.15, 0.2) is 0 Å². The number of hydrogen-bond acceptors (Lipinski definition) is 1. The highest BCUT2D eigenvalue weighted by Crippen LogP contribution is 2.42. The summed E-state index contributed by atoms with van der Waals surface area (Å²) < 4.78 is 15.5. The van der Waals surface area contributed by atoms with Gasteiger partial charge in [0.05, 0.1) is 4.83 Å². The molecule has 1 aromatic carbocycles. The first-order valence-corrected chi connectivity index (χ1v) is 8.51. The number of rotatable bonds is 2. The highest BCUT2D eigenvalue weighted by molar-refractivity contribution is 14.1. The zero-order valence-electron chi connectivity index (χ0n) is 8.18. The smallest absolute Gasteiger partial charge is 0.124 e. The molecule has 2 aromatic rings. The lowest BCUT2D eigenvalue weighted by atomic mass is 10.1. The van der Waals surface area contributed by atoms with Gasteiger partial charge in [-0.25, -0.2) is 4.39 Å². The Balaban J connectivity index is 2.39. The number of halogens is 5. The SMILES string of the molecule is Fc1ccc(C(Br)c2cc(Br)c(Cl)s2)c(I)c1. The van der Waals surface area contributed by atoms with Crippen LogP contribution < -0.4 is 0 Å². The van der Waals surface area contributed by atoms with E-state index in [2.05, 4.69) is 54.5 Å². The van der Waals surface area contributed by atoms with E-state index in [0.29, 0.717) is 0 Å². The average Bonchev–Trinajstić information content (AvgIpc) is 2.58. The van der Waals surface area contributed by atoms with Crippen molar-refractivity contribution < 1.29 is 4.39 Å². The van der Waals surface area contributed by atoms with Crippen LogP contribution in [0.15, 0.2) is 28.7 Å². The van der Waals surface area contributed by atoms with Crippen LogP contribution in [-0.2, 0) is 0 Å². The van der Waals surface area contributed by atoms with Crippen LogP contribution in [0.5, 0.6) is 0 Å². The summed E-state index contributed by atoms with van der Waals surface area (Å²) in [7, 11) is 0. The van der Waals surface area contributed by atoms with Crippen LogP contribution in [0.2, 0.25) is 4.34 Å². The maximum atomic E-state index is 13.0. The Labute approximate surface area is 138 Å². The maximum Gasteiger partial charge on any atom is 0.124 e. The summed E-state index contributed by atoms with van der Waals surface area (Å²) in [6.45, 7) is 0. The van der Waals surface area contributed by atoms with Gasteiger partial charge in [0.2, 0.25) is 0 Å². The van der Waals surface area contributed by atoms with Gasteiger partial charge in [-0.3, -0.25) is 0 Å². The molecule has 0 N–H and O–H groups in total. The zero-order valence-corrected chi connectivity index (χ0v) is 15.1. The molecule has 1 aromatic heterocycles. The largest absolute Gasteiger partial charge is 0.207 e. The predicted molar refractivity (Wildman–Crippen MR) is 86.9 cm³/mol. The zero-order chi connectivity index (χ0) is 12.6. The second-order valence-corrected chi connectivity index (χ2v) is 7.92. The summed E-state index contributed by atoms with van der Waals surface area (Å²) in [6.07, 6.45) is 0. The third-order valence-corrected chi connectivity index (χ3v) is 6.91. The Morgan fingerprint density at radius 3 is 2.59 bits per heavy atom. The lowest BCUT2D eigenvalue weighted by Crippen LogP contribution is -1.94. The monoisotopic (exact) mass is 508 g/mol. The van der Waals surface area contributed by atoms with Crippen molar-refractivity contribution in [2.24, 2.45) is 0 Å². The molecule has 90 valence electrons. The van der Waals surface area contributed by atoms with Crippen LogP contribution >= 0.6 is 77.4 Å². The first-order chi connectivity index (χ1) is 7.99. The van der Waals surface area contributed by atoms with E-state index in [1.807, 2.05) is 6.07 Å². The number of thiophene rings is 1. The first kappa shape index (κ1) is 14.2.